The molecule has 1 aromatic rings. The molecule has 0 radical (unpaired) electrons. The van der Waals surface area contributed by atoms with Gasteiger partial charge in [-0.2, -0.15) is 0 Å². The van der Waals surface area contributed by atoms with Crippen LogP contribution in [0, 0.1) is 0 Å². The highest BCUT2D eigenvalue weighted by Crippen LogP contribution is 2.33. The van der Waals surface area contributed by atoms with Crippen LogP contribution in [0.4, 0.5) is 5.69 Å². The van der Waals surface area contributed by atoms with Gasteiger partial charge in [-0.3, -0.25) is 0 Å². The minimum Gasteiger partial charge on any atom is -0.497 e. The van der Waals surface area contributed by atoms with Gasteiger partial charge in [0.15, 0.2) is 0 Å². The molecule has 106 valence electrons. The highest BCUT2D eigenvalue weighted by atomic mass is 16.5. The molecule has 0 saturated heterocycles. The smallest absolute Gasteiger partial charge is 0.119 e. The van der Waals surface area contributed by atoms with E-state index in [1.54, 1.807) is 14.2 Å². The first-order valence-electron chi connectivity index (χ1n) is 6.89. The molecule has 1 aliphatic rings. The molecule has 4 nitrogen and oxygen atoms in total. The normalized spacial score (nSPS) is 27.0. The minimum atomic E-state index is -0.151. The lowest BCUT2D eigenvalue weighted by atomic mass is 9.78. The van der Waals surface area contributed by atoms with Crippen LogP contribution >= 0.6 is 0 Å². The second-order valence-corrected chi connectivity index (χ2v) is 5.18. The second-order valence-electron chi connectivity index (χ2n) is 5.18. The lowest BCUT2D eigenvalue weighted by Gasteiger charge is -2.44. The number of hydrogen-bond acceptors (Lipinski definition) is 4. The molecule has 2 unspecified atom stereocenters. The lowest BCUT2D eigenvalue weighted by Crippen LogP contribution is -2.57. The van der Waals surface area contributed by atoms with Gasteiger partial charge in [0.1, 0.15) is 5.75 Å². The maximum absolute atomic E-state index is 6.04. The van der Waals surface area contributed by atoms with E-state index < -0.39 is 0 Å². The summed E-state index contributed by atoms with van der Waals surface area (Å²) in [6.07, 6.45) is 4.70. The largest absolute Gasteiger partial charge is 0.497 e. The number of methoxy groups -OCH3 is 2. The van der Waals surface area contributed by atoms with E-state index in [0.29, 0.717) is 6.54 Å². The van der Waals surface area contributed by atoms with Gasteiger partial charge in [0.25, 0.3) is 0 Å². The van der Waals surface area contributed by atoms with E-state index in [0.717, 1.165) is 24.3 Å². The van der Waals surface area contributed by atoms with Gasteiger partial charge in [-0.25, -0.2) is 0 Å². The molecular weight excluding hydrogens is 240 g/mol. The summed E-state index contributed by atoms with van der Waals surface area (Å²) in [5.74, 6) is 0.860. The Labute approximate surface area is 115 Å². The van der Waals surface area contributed by atoms with E-state index in [9.17, 15) is 0 Å². The molecule has 1 fully saturated rings. The van der Waals surface area contributed by atoms with Crippen LogP contribution in [0.3, 0.4) is 0 Å². The molecule has 0 bridgehead atoms. The monoisotopic (exact) mass is 264 g/mol. The molecule has 4 heteroatoms. The zero-order chi connectivity index (χ0) is 13.7. The number of rotatable bonds is 5. The number of benzene rings is 1. The molecule has 2 rings (SSSR count). The summed E-state index contributed by atoms with van der Waals surface area (Å²) in [6.45, 7) is 0.581. The topological polar surface area (TPSA) is 56.5 Å². The van der Waals surface area contributed by atoms with E-state index >= 15 is 0 Å². The first-order chi connectivity index (χ1) is 9.24. The minimum absolute atomic E-state index is 0.151. The van der Waals surface area contributed by atoms with Crippen molar-refractivity contribution in [2.75, 3.05) is 26.1 Å². The molecule has 19 heavy (non-hydrogen) atoms. The number of nitrogens with one attached hydrogen (secondary N) is 1. The van der Waals surface area contributed by atoms with Crippen LogP contribution in [0.15, 0.2) is 24.3 Å². The quantitative estimate of drug-likeness (QED) is 0.857. The third kappa shape index (κ3) is 3.01. The predicted molar refractivity (Wildman–Crippen MR) is 77.7 cm³/mol. The lowest BCUT2D eigenvalue weighted by molar-refractivity contribution is 0.0190. The summed E-state index contributed by atoms with van der Waals surface area (Å²) in [7, 11) is 3.45. The SMILES string of the molecule is COc1ccc(NC2(CN)CCCCC2OC)cc1. The second kappa shape index (κ2) is 6.26. The third-order valence-electron chi connectivity index (χ3n) is 4.09. The summed E-state index contributed by atoms with van der Waals surface area (Å²) < 4.78 is 10.8. The van der Waals surface area contributed by atoms with E-state index in [1.165, 1.54) is 12.8 Å². The van der Waals surface area contributed by atoms with Crippen LogP contribution < -0.4 is 15.8 Å². The molecule has 2 atom stereocenters. The van der Waals surface area contributed by atoms with Crippen molar-refractivity contribution in [2.45, 2.75) is 37.3 Å². The number of ether oxygens (including phenoxy) is 2. The maximum Gasteiger partial charge on any atom is 0.119 e. The zero-order valence-corrected chi connectivity index (χ0v) is 11.8. The van der Waals surface area contributed by atoms with E-state index in [1.807, 2.05) is 24.3 Å². The van der Waals surface area contributed by atoms with Gasteiger partial charge in [-0.15, -0.1) is 0 Å². The fourth-order valence-electron chi connectivity index (χ4n) is 2.94. The van der Waals surface area contributed by atoms with Crippen molar-refractivity contribution in [2.24, 2.45) is 5.73 Å². The molecular formula is C15H24N2O2. The Morgan fingerprint density at radius 3 is 2.58 bits per heavy atom. The average molecular weight is 264 g/mol. The van der Waals surface area contributed by atoms with Crippen molar-refractivity contribution in [3.8, 4) is 5.75 Å². The van der Waals surface area contributed by atoms with Crippen molar-refractivity contribution in [1.29, 1.82) is 0 Å². The average Bonchev–Trinajstić information content (AvgIpc) is 2.48. The number of anilines is 1. The van der Waals surface area contributed by atoms with Gasteiger partial charge >= 0.3 is 0 Å². The number of nitrogens with two attached hydrogens (primary N) is 1. The van der Waals surface area contributed by atoms with Crippen molar-refractivity contribution in [3.05, 3.63) is 24.3 Å². The van der Waals surface area contributed by atoms with Crippen LogP contribution in [0.2, 0.25) is 0 Å². The molecule has 0 aliphatic heterocycles. The summed E-state index contributed by atoms with van der Waals surface area (Å²) in [5, 5.41) is 3.59. The summed E-state index contributed by atoms with van der Waals surface area (Å²) in [4.78, 5) is 0. The molecule has 0 amide bonds. The van der Waals surface area contributed by atoms with Crippen molar-refractivity contribution < 1.29 is 9.47 Å². The summed E-state index contributed by atoms with van der Waals surface area (Å²) >= 11 is 0. The van der Waals surface area contributed by atoms with Crippen molar-refractivity contribution in [1.82, 2.24) is 0 Å². The maximum atomic E-state index is 6.04. The third-order valence-corrected chi connectivity index (χ3v) is 4.09. The van der Waals surface area contributed by atoms with Gasteiger partial charge in [0.2, 0.25) is 0 Å². The van der Waals surface area contributed by atoms with E-state index in [2.05, 4.69) is 5.32 Å². The van der Waals surface area contributed by atoms with E-state index in [4.69, 9.17) is 15.2 Å². The molecule has 0 spiro atoms. The Kier molecular flexibility index (Phi) is 4.66. The highest BCUT2D eigenvalue weighted by molar-refractivity contribution is 5.49. The fourth-order valence-corrected chi connectivity index (χ4v) is 2.94. The molecule has 0 heterocycles. The Hall–Kier alpha value is -1.26. The predicted octanol–water partition coefficient (Wildman–Crippen LogP) is 2.39. The van der Waals surface area contributed by atoms with Crippen molar-refractivity contribution in [3.63, 3.8) is 0 Å². The van der Waals surface area contributed by atoms with Crippen molar-refractivity contribution >= 4 is 5.69 Å². The van der Waals surface area contributed by atoms with Gasteiger partial charge in [-0.05, 0) is 37.1 Å². The molecule has 1 saturated carbocycles. The molecule has 3 N–H and O–H groups in total. The van der Waals surface area contributed by atoms with E-state index in [-0.39, 0.29) is 11.6 Å². The summed E-state index contributed by atoms with van der Waals surface area (Å²) in [6, 6.07) is 7.96. The van der Waals surface area contributed by atoms with Crippen LogP contribution in [0.1, 0.15) is 25.7 Å². The first-order valence-corrected chi connectivity index (χ1v) is 6.89. The standard InChI is InChI=1S/C15H24N2O2/c1-18-13-8-6-12(7-9-13)17-15(11-16)10-4-3-5-14(15)19-2/h6-9,14,17H,3-5,10-11,16H2,1-2H3. The Bertz CT molecular complexity index is 394. The van der Waals surface area contributed by atoms with Crippen LogP contribution in [-0.2, 0) is 4.74 Å². The van der Waals surface area contributed by atoms with Crippen LogP contribution in [-0.4, -0.2) is 32.4 Å². The highest BCUT2D eigenvalue weighted by Gasteiger charge is 2.39. The molecule has 1 aromatic carbocycles. The van der Waals surface area contributed by atoms with Gasteiger partial charge < -0.3 is 20.5 Å². The molecule has 1 aliphatic carbocycles. The first kappa shape index (κ1) is 14.2. The van der Waals surface area contributed by atoms with Gasteiger partial charge in [0.05, 0.1) is 18.8 Å². The zero-order valence-electron chi connectivity index (χ0n) is 11.8. The Morgan fingerprint density at radius 2 is 2.00 bits per heavy atom. The summed E-state index contributed by atoms with van der Waals surface area (Å²) in [5.41, 5.74) is 6.95. The van der Waals surface area contributed by atoms with Gasteiger partial charge in [-0.1, -0.05) is 12.8 Å². The van der Waals surface area contributed by atoms with Crippen LogP contribution in [0.25, 0.3) is 0 Å². The Morgan fingerprint density at radius 1 is 1.26 bits per heavy atom. The Balaban J connectivity index is 2.15. The fraction of sp³-hybridized carbons (Fsp3) is 0.600. The number of hydrogen-bond donors (Lipinski definition) is 2. The molecule has 0 aromatic heterocycles. The van der Waals surface area contributed by atoms with Crippen LogP contribution in [0.5, 0.6) is 5.75 Å². The van der Waals surface area contributed by atoms with Gasteiger partial charge in [0, 0.05) is 19.3 Å².